The molecule has 4 heterocycles. The molecule has 0 aliphatic carbocycles. The van der Waals surface area contributed by atoms with Gasteiger partial charge in [0.2, 0.25) is 5.82 Å². The molecule has 1 aromatic carbocycles. The van der Waals surface area contributed by atoms with Crippen LogP contribution >= 0.6 is 15.9 Å². The summed E-state index contributed by atoms with van der Waals surface area (Å²) < 4.78 is 4.81. The number of hydrogen-bond donors (Lipinski definition) is 1. The van der Waals surface area contributed by atoms with Crippen LogP contribution in [0.2, 0.25) is 0 Å². The molecule has 1 N–H and O–H groups in total. The largest absolute Gasteiger partial charge is 0.369 e. The van der Waals surface area contributed by atoms with Gasteiger partial charge in [0, 0.05) is 30.7 Å². The number of nitrogens with one attached hydrogen (secondary N) is 1. The van der Waals surface area contributed by atoms with Gasteiger partial charge in [0.25, 0.3) is 0 Å². The number of aromatic amines is 1. The van der Waals surface area contributed by atoms with Crippen molar-refractivity contribution in [2.24, 2.45) is 0 Å². The number of nitrogens with zero attached hydrogens (tertiary/aromatic N) is 8. The van der Waals surface area contributed by atoms with Crippen LogP contribution in [-0.2, 0) is 6.54 Å². The van der Waals surface area contributed by atoms with E-state index in [1.807, 2.05) is 39.5 Å². The van der Waals surface area contributed by atoms with Crippen LogP contribution < -0.4 is 4.90 Å². The standard InChI is InChI=1S/C19H16BrN9/c1-27(12-15-8-10-21-18-9-11-22-29(15)18)13-2-4-14(5-3-13)28-16(6-7-17(28)20)19-23-25-26-24-19/h2-11H,12H2,1H3,(H,23,24,25,26). The van der Waals surface area contributed by atoms with E-state index in [0.717, 1.165) is 33.0 Å². The van der Waals surface area contributed by atoms with Crippen LogP contribution in [0.25, 0.3) is 22.9 Å². The van der Waals surface area contributed by atoms with Crippen molar-refractivity contribution >= 4 is 27.3 Å². The maximum atomic E-state index is 4.36. The summed E-state index contributed by atoms with van der Waals surface area (Å²) in [7, 11) is 2.06. The maximum absolute atomic E-state index is 4.36. The molecule has 0 atom stereocenters. The Labute approximate surface area is 174 Å². The molecule has 0 unspecified atom stereocenters. The first-order valence-corrected chi connectivity index (χ1v) is 9.70. The number of benzene rings is 1. The molecule has 4 aromatic heterocycles. The van der Waals surface area contributed by atoms with Gasteiger partial charge in [-0.05, 0) is 63.6 Å². The number of fused-ring (bicyclic) bond motifs is 1. The number of H-pyrrole nitrogens is 1. The molecule has 0 amide bonds. The Kier molecular flexibility index (Phi) is 4.32. The summed E-state index contributed by atoms with van der Waals surface area (Å²) in [5, 5.41) is 18.7. The Morgan fingerprint density at radius 2 is 1.90 bits per heavy atom. The van der Waals surface area contributed by atoms with Crippen molar-refractivity contribution in [2.45, 2.75) is 6.54 Å². The van der Waals surface area contributed by atoms with E-state index in [-0.39, 0.29) is 0 Å². The highest BCUT2D eigenvalue weighted by Gasteiger charge is 2.14. The Hall–Kier alpha value is -3.53. The van der Waals surface area contributed by atoms with Gasteiger partial charge in [-0.3, -0.25) is 0 Å². The first-order chi connectivity index (χ1) is 14.2. The van der Waals surface area contributed by atoms with Crippen LogP contribution in [0, 0.1) is 0 Å². The second kappa shape index (κ2) is 7.13. The van der Waals surface area contributed by atoms with Crippen molar-refractivity contribution in [3.8, 4) is 17.2 Å². The second-order valence-corrected chi connectivity index (χ2v) is 7.33. The van der Waals surface area contributed by atoms with Gasteiger partial charge in [-0.15, -0.1) is 10.2 Å². The van der Waals surface area contributed by atoms with E-state index in [9.17, 15) is 0 Å². The van der Waals surface area contributed by atoms with Crippen LogP contribution in [0.4, 0.5) is 5.69 Å². The van der Waals surface area contributed by atoms with Crippen LogP contribution in [0.15, 0.2) is 65.5 Å². The third-order valence-electron chi connectivity index (χ3n) is 4.72. The van der Waals surface area contributed by atoms with E-state index < -0.39 is 0 Å². The summed E-state index contributed by atoms with van der Waals surface area (Å²) in [4.78, 5) is 6.49. The highest BCUT2D eigenvalue weighted by molar-refractivity contribution is 9.10. The fourth-order valence-corrected chi connectivity index (χ4v) is 3.84. The van der Waals surface area contributed by atoms with Crippen LogP contribution in [0.3, 0.4) is 0 Å². The highest BCUT2D eigenvalue weighted by atomic mass is 79.9. The number of hydrogen-bond acceptors (Lipinski definition) is 6. The maximum Gasteiger partial charge on any atom is 0.221 e. The molecule has 5 aromatic rings. The number of aromatic nitrogens is 8. The molecule has 0 fully saturated rings. The van der Waals surface area contributed by atoms with E-state index in [2.05, 4.69) is 82.8 Å². The van der Waals surface area contributed by atoms with Gasteiger partial charge in [-0.25, -0.2) is 9.50 Å². The molecular weight excluding hydrogens is 434 g/mol. The van der Waals surface area contributed by atoms with Crippen molar-refractivity contribution < 1.29 is 0 Å². The van der Waals surface area contributed by atoms with Crippen LogP contribution in [-0.4, -0.2) is 46.8 Å². The first kappa shape index (κ1) is 17.6. The summed E-state index contributed by atoms with van der Waals surface area (Å²) >= 11 is 3.60. The molecule has 10 heteroatoms. The van der Waals surface area contributed by atoms with Gasteiger partial charge in [0.1, 0.15) is 0 Å². The third kappa shape index (κ3) is 3.17. The zero-order valence-corrected chi connectivity index (χ0v) is 17.0. The van der Waals surface area contributed by atoms with Crippen molar-refractivity contribution in [2.75, 3.05) is 11.9 Å². The fraction of sp³-hybridized carbons (Fsp3) is 0.105. The Balaban J connectivity index is 1.42. The molecule has 0 aliphatic rings. The second-order valence-electron chi connectivity index (χ2n) is 6.52. The minimum atomic E-state index is 0.540. The van der Waals surface area contributed by atoms with Crippen molar-refractivity contribution in [3.05, 3.63) is 71.2 Å². The molecule has 0 saturated carbocycles. The summed E-state index contributed by atoms with van der Waals surface area (Å²) in [5.41, 5.74) is 4.86. The lowest BCUT2D eigenvalue weighted by Crippen LogP contribution is -2.18. The number of tetrazole rings is 1. The topological polar surface area (TPSA) is 92.8 Å². The third-order valence-corrected chi connectivity index (χ3v) is 5.34. The fourth-order valence-electron chi connectivity index (χ4n) is 3.31. The van der Waals surface area contributed by atoms with Crippen molar-refractivity contribution in [1.29, 1.82) is 0 Å². The minimum absolute atomic E-state index is 0.540. The van der Waals surface area contributed by atoms with Gasteiger partial charge < -0.3 is 9.47 Å². The average Bonchev–Trinajstić information content (AvgIpc) is 3.49. The monoisotopic (exact) mass is 449 g/mol. The molecule has 0 spiro atoms. The lowest BCUT2D eigenvalue weighted by atomic mass is 10.2. The summed E-state index contributed by atoms with van der Waals surface area (Å²) in [6.45, 7) is 0.710. The van der Waals surface area contributed by atoms with Gasteiger partial charge in [0.05, 0.1) is 28.7 Å². The summed E-state index contributed by atoms with van der Waals surface area (Å²) in [5.74, 6) is 0.540. The molecule has 0 bridgehead atoms. The van der Waals surface area contributed by atoms with E-state index in [1.54, 1.807) is 6.20 Å². The van der Waals surface area contributed by atoms with Crippen molar-refractivity contribution in [3.63, 3.8) is 0 Å². The lowest BCUT2D eigenvalue weighted by Gasteiger charge is -2.20. The predicted molar refractivity (Wildman–Crippen MR) is 112 cm³/mol. The molecule has 0 radical (unpaired) electrons. The molecule has 0 saturated heterocycles. The number of rotatable bonds is 5. The smallest absolute Gasteiger partial charge is 0.221 e. The molecule has 9 nitrogen and oxygen atoms in total. The SMILES string of the molecule is CN(Cc1ccnc2ccnn12)c1ccc(-n2c(Br)ccc2-c2nn[nH]n2)cc1. The molecule has 0 aliphatic heterocycles. The van der Waals surface area contributed by atoms with Crippen LogP contribution in [0.5, 0.6) is 0 Å². The Morgan fingerprint density at radius 3 is 2.69 bits per heavy atom. The van der Waals surface area contributed by atoms with E-state index in [4.69, 9.17) is 0 Å². The quantitative estimate of drug-likeness (QED) is 0.443. The van der Waals surface area contributed by atoms with E-state index in [0.29, 0.717) is 12.4 Å². The molecule has 29 heavy (non-hydrogen) atoms. The zero-order chi connectivity index (χ0) is 19.8. The van der Waals surface area contributed by atoms with Gasteiger partial charge in [-0.1, -0.05) is 0 Å². The molecule has 144 valence electrons. The van der Waals surface area contributed by atoms with Crippen molar-refractivity contribution in [1.82, 2.24) is 39.8 Å². The summed E-state index contributed by atoms with van der Waals surface area (Å²) in [6, 6.07) is 16.1. The minimum Gasteiger partial charge on any atom is -0.369 e. The predicted octanol–water partition coefficient (Wildman–Crippen LogP) is 3.10. The summed E-state index contributed by atoms with van der Waals surface area (Å²) in [6.07, 6.45) is 3.57. The van der Waals surface area contributed by atoms with E-state index in [1.165, 1.54) is 0 Å². The Bertz CT molecular complexity index is 1250. The normalized spacial score (nSPS) is 11.2. The van der Waals surface area contributed by atoms with Gasteiger partial charge in [0.15, 0.2) is 5.65 Å². The zero-order valence-electron chi connectivity index (χ0n) is 15.4. The molecular formula is C19H16BrN9. The highest BCUT2D eigenvalue weighted by Crippen LogP contribution is 2.28. The number of halogens is 1. The Morgan fingerprint density at radius 1 is 1.03 bits per heavy atom. The number of anilines is 1. The molecule has 5 rings (SSSR count). The van der Waals surface area contributed by atoms with E-state index >= 15 is 0 Å². The lowest BCUT2D eigenvalue weighted by molar-refractivity contribution is 0.799. The van der Waals surface area contributed by atoms with Gasteiger partial charge >= 0.3 is 0 Å². The van der Waals surface area contributed by atoms with Crippen LogP contribution in [0.1, 0.15) is 5.69 Å². The first-order valence-electron chi connectivity index (χ1n) is 8.91. The van der Waals surface area contributed by atoms with Gasteiger partial charge in [-0.2, -0.15) is 10.3 Å². The average molecular weight is 450 g/mol.